The third-order valence-electron chi connectivity index (χ3n) is 3.47. The summed E-state index contributed by atoms with van der Waals surface area (Å²) >= 11 is 0. The number of carbonyl (C=O) groups is 1. The Kier molecular flexibility index (Phi) is 3.88. The van der Waals surface area contributed by atoms with Crippen LogP contribution in [0.15, 0.2) is 17.1 Å². The Morgan fingerprint density at radius 3 is 2.42 bits per heavy atom. The van der Waals surface area contributed by atoms with Crippen LogP contribution in [0.25, 0.3) is 0 Å². The number of aryl methyl sites for hydroxylation is 3. The average Bonchev–Trinajstić information content (AvgIpc) is 2.69. The fourth-order valence-corrected chi connectivity index (χ4v) is 2.56. The molecule has 0 saturated carbocycles. The fraction of sp³-hybridized carbons (Fsp3) is 0.467. The van der Waals surface area contributed by atoms with E-state index in [4.69, 9.17) is 0 Å². The second-order valence-electron chi connectivity index (χ2n) is 5.26. The van der Waals surface area contributed by atoms with Crippen LogP contribution < -0.4 is 5.32 Å². The van der Waals surface area contributed by atoms with Crippen LogP contribution in [0.2, 0.25) is 0 Å². The Hall–Kier alpha value is -1.84. The molecule has 0 atom stereocenters. The number of nitrogens with one attached hydrogen (secondary N) is 1. The molecule has 0 aromatic heterocycles. The molecule has 0 spiro atoms. The summed E-state index contributed by atoms with van der Waals surface area (Å²) in [5.74, 6) is 0.875. The minimum atomic E-state index is -0.279. The molecule has 4 heteroatoms. The first-order valence-electron chi connectivity index (χ1n) is 6.65. The minimum Gasteiger partial charge on any atom is -0.363 e. The van der Waals surface area contributed by atoms with Crippen LogP contribution in [0, 0.1) is 20.8 Å². The lowest BCUT2D eigenvalue weighted by Gasteiger charge is -2.13. The highest BCUT2D eigenvalue weighted by atomic mass is 16.2. The Labute approximate surface area is 114 Å². The van der Waals surface area contributed by atoms with Gasteiger partial charge in [0.2, 0.25) is 0 Å². The van der Waals surface area contributed by atoms with Crippen molar-refractivity contribution in [3.8, 4) is 0 Å². The van der Waals surface area contributed by atoms with E-state index in [9.17, 15) is 4.79 Å². The van der Waals surface area contributed by atoms with Crippen LogP contribution >= 0.6 is 0 Å². The first-order chi connectivity index (χ1) is 8.97. The SMILES string of the molecule is Cc1cc(C)c(NC(=O)/N=C2\CCCN2C)c(C)c1. The molecule has 2 rings (SSSR count). The van der Waals surface area contributed by atoms with Crippen LogP contribution in [0.5, 0.6) is 0 Å². The molecule has 1 aliphatic heterocycles. The van der Waals surface area contributed by atoms with Crippen LogP contribution in [0.1, 0.15) is 29.5 Å². The molecule has 102 valence electrons. The van der Waals surface area contributed by atoms with Crippen molar-refractivity contribution in [3.63, 3.8) is 0 Å². The molecule has 1 saturated heterocycles. The van der Waals surface area contributed by atoms with Crippen molar-refractivity contribution in [2.45, 2.75) is 33.6 Å². The van der Waals surface area contributed by atoms with E-state index in [1.54, 1.807) is 0 Å². The largest absolute Gasteiger partial charge is 0.363 e. The normalized spacial score (nSPS) is 17.1. The van der Waals surface area contributed by atoms with Gasteiger partial charge < -0.3 is 10.2 Å². The Bertz CT molecular complexity index is 511. The molecule has 1 aromatic carbocycles. The molecule has 2 amide bonds. The summed E-state index contributed by atoms with van der Waals surface area (Å²) in [5, 5.41) is 2.90. The summed E-state index contributed by atoms with van der Waals surface area (Å²) in [6.45, 7) is 7.04. The average molecular weight is 259 g/mol. The Morgan fingerprint density at radius 2 is 1.89 bits per heavy atom. The van der Waals surface area contributed by atoms with Crippen molar-refractivity contribution in [3.05, 3.63) is 28.8 Å². The highest BCUT2D eigenvalue weighted by Gasteiger charge is 2.16. The number of amides is 2. The molecule has 1 aliphatic rings. The lowest BCUT2D eigenvalue weighted by molar-refractivity contribution is 0.259. The van der Waals surface area contributed by atoms with Gasteiger partial charge >= 0.3 is 6.03 Å². The summed E-state index contributed by atoms with van der Waals surface area (Å²) in [7, 11) is 1.97. The van der Waals surface area contributed by atoms with Gasteiger partial charge in [0.25, 0.3) is 0 Å². The molecule has 1 aromatic rings. The highest BCUT2D eigenvalue weighted by Crippen LogP contribution is 2.22. The van der Waals surface area contributed by atoms with E-state index < -0.39 is 0 Å². The number of amidine groups is 1. The monoisotopic (exact) mass is 259 g/mol. The zero-order valence-electron chi connectivity index (χ0n) is 12.1. The molecule has 0 radical (unpaired) electrons. The van der Waals surface area contributed by atoms with Crippen LogP contribution in [-0.4, -0.2) is 30.4 Å². The van der Waals surface area contributed by atoms with E-state index >= 15 is 0 Å². The molecule has 0 aliphatic carbocycles. The molecule has 19 heavy (non-hydrogen) atoms. The Morgan fingerprint density at radius 1 is 1.26 bits per heavy atom. The van der Waals surface area contributed by atoms with Crippen molar-refractivity contribution in [2.24, 2.45) is 4.99 Å². The van der Waals surface area contributed by atoms with E-state index in [1.165, 1.54) is 5.56 Å². The zero-order valence-corrected chi connectivity index (χ0v) is 12.1. The molecule has 0 unspecified atom stereocenters. The third-order valence-corrected chi connectivity index (χ3v) is 3.47. The van der Waals surface area contributed by atoms with Crippen LogP contribution in [-0.2, 0) is 0 Å². The van der Waals surface area contributed by atoms with Crippen molar-refractivity contribution < 1.29 is 4.79 Å². The lowest BCUT2D eigenvalue weighted by Crippen LogP contribution is -2.22. The molecule has 0 bridgehead atoms. The molecule has 4 nitrogen and oxygen atoms in total. The number of hydrogen-bond donors (Lipinski definition) is 1. The van der Waals surface area contributed by atoms with Crippen molar-refractivity contribution >= 4 is 17.6 Å². The predicted molar refractivity (Wildman–Crippen MR) is 79.0 cm³/mol. The van der Waals surface area contributed by atoms with Crippen molar-refractivity contribution in [1.29, 1.82) is 0 Å². The molecule has 1 heterocycles. The van der Waals surface area contributed by atoms with E-state index in [-0.39, 0.29) is 6.03 Å². The van der Waals surface area contributed by atoms with Crippen LogP contribution in [0.4, 0.5) is 10.5 Å². The summed E-state index contributed by atoms with van der Waals surface area (Å²) in [5.41, 5.74) is 4.23. The summed E-state index contributed by atoms with van der Waals surface area (Å²) in [4.78, 5) is 18.2. The number of carbonyl (C=O) groups excluding carboxylic acids is 1. The number of hydrogen-bond acceptors (Lipinski definition) is 1. The van der Waals surface area contributed by atoms with Gasteiger partial charge in [0, 0.05) is 25.7 Å². The third kappa shape index (κ3) is 3.13. The lowest BCUT2D eigenvalue weighted by atomic mass is 10.1. The predicted octanol–water partition coefficient (Wildman–Crippen LogP) is 3.27. The molecular weight excluding hydrogens is 238 g/mol. The molecule has 1 fully saturated rings. The number of nitrogens with zero attached hydrogens (tertiary/aromatic N) is 2. The Balaban J connectivity index is 2.16. The van der Waals surface area contributed by atoms with Crippen molar-refractivity contribution in [1.82, 2.24) is 4.90 Å². The van der Waals surface area contributed by atoms with Gasteiger partial charge in [-0.15, -0.1) is 0 Å². The van der Waals surface area contributed by atoms with E-state index in [0.717, 1.165) is 42.0 Å². The van der Waals surface area contributed by atoms with Gasteiger partial charge in [0.1, 0.15) is 5.84 Å². The first-order valence-corrected chi connectivity index (χ1v) is 6.65. The minimum absolute atomic E-state index is 0.279. The number of urea groups is 1. The second-order valence-corrected chi connectivity index (χ2v) is 5.26. The van der Waals surface area contributed by atoms with Crippen molar-refractivity contribution in [2.75, 3.05) is 18.9 Å². The maximum absolute atomic E-state index is 12.0. The van der Waals surface area contributed by atoms with Gasteiger partial charge in [0.15, 0.2) is 0 Å². The number of benzene rings is 1. The fourth-order valence-electron chi connectivity index (χ4n) is 2.56. The second kappa shape index (κ2) is 5.43. The smallest absolute Gasteiger partial charge is 0.347 e. The van der Waals surface area contributed by atoms with E-state index in [2.05, 4.69) is 29.4 Å². The van der Waals surface area contributed by atoms with Gasteiger partial charge in [-0.05, 0) is 38.3 Å². The molecule has 1 N–H and O–H groups in total. The first kappa shape index (κ1) is 13.6. The summed E-state index contributed by atoms with van der Waals surface area (Å²) < 4.78 is 0. The van der Waals surface area contributed by atoms with Gasteiger partial charge in [-0.1, -0.05) is 17.7 Å². The van der Waals surface area contributed by atoms with E-state index in [0.29, 0.717) is 0 Å². The van der Waals surface area contributed by atoms with Crippen LogP contribution in [0.3, 0.4) is 0 Å². The molecular formula is C15H21N3O. The summed E-state index contributed by atoms with van der Waals surface area (Å²) in [6, 6.07) is 3.85. The number of rotatable bonds is 1. The summed E-state index contributed by atoms with van der Waals surface area (Å²) in [6.07, 6.45) is 1.96. The number of anilines is 1. The maximum Gasteiger partial charge on any atom is 0.347 e. The zero-order chi connectivity index (χ0) is 14.0. The maximum atomic E-state index is 12.0. The number of aliphatic imine (C=N–C) groups is 1. The standard InChI is InChI=1S/C15H21N3O/c1-10-8-11(2)14(12(3)9-10)17-15(19)16-13-6-5-7-18(13)4/h8-9H,5-7H2,1-4H3,(H,17,19)/b16-13+. The quantitative estimate of drug-likeness (QED) is 0.841. The van der Waals surface area contributed by atoms with Gasteiger partial charge in [-0.3, -0.25) is 0 Å². The highest BCUT2D eigenvalue weighted by molar-refractivity contribution is 6.01. The van der Waals surface area contributed by atoms with Gasteiger partial charge in [0.05, 0.1) is 0 Å². The number of likely N-dealkylation sites (tertiary alicyclic amines) is 1. The van der Waals surface area contributed by atoms with Gasteiger partial charge in [-0.25, -0.2) is 4.79 Å². The van der Waals surface area contributed by atoms with E-state index in [1.807, 2.05) is 25.8 Å². The topological polar surface area (TPSA) is 44.7 Å². The van der Waals surface area contributed by atoms with Gasteiger partial charge in [-0.2, -0.15) is 4.99 Å².